The molecule has 2 fully saturated rings. The van der Waals surface area contributed by atoms with Crippen molar-refractivity contribution in [1.29, 1.82) is 0 Å². The van der Waals surface area contributed by atoms with Crippen molar-refractivity contribution in [2.24, 2.45) is 15.8 Å². The van der Waals surface area contributed by atoms with E-state index in [0.717, 1.165) is 25.6 Å². The van der Waals surface area contributed by atoms with Gasteiger partial charge in [-0.1, -0.05) is 6.42 Å². The Hall–Kier alpha value is -0.770. The fourth-order valence-corrected chi connectivity index (χ4v) is 3.60. The first-order valence-electron chi connectivity index (χ1n) is 7.31. The molecular weight excluding hydrogens is 226 g/mol. The van der Waals surface area contributed by atoms with Crippen LogP contribution in [0.3, 0.4) is 0 Å². The maximum absolute atomic E-state index is 9.65. The summed E-state index contributed by atoms with van der Waals surface area (Å²) in [5.74, 6) is 0.877. The largest absolute Gasteiger partial charge is 0.396 e. The lowest BCUT2D eigenvalue weighted by atomic mass is 9.45. The number of hydrogen-bond acceptors (Lipinski definition) is 2. The third kappa shape index (κ3) is 2.63. The molecule has 2 rings (SSSR count). The Kier molecular flexibility index (Phi) is 4.15. The van der Waals surface area contributed by atoms with Gasteiger partial charge in [-0.3, -0.25) is 4.99 Å². The van der Waals surface area contributed by atoms with Crippen LogP contribution in [0, 0.1) is 10.8 Å². The standard InChI is InChI=1S/C14H27N3O/c1-3-15-12(16-4-2)17-10-14(11-18)8-13(9-14)6-5-7-13/h18H,3-11H2,1-2H3,(H2,15,16,17). The van der Waals surface area contributed by atoms with E-state index in [1.807, 2.05) is 0 Å². The van der Waals surface area contributed by atoms with Gasteiger partial charge in [0.2, 0.25) is 0 Å². The van der Waals surface area contributed by atoms with Crippen molar-refractivity contribution in [3.63, 3.8) is 0 Å². The summed E-state index contributed by atoms with van der Waals surface area (Å²) in [6, 6.07) is 0. The molecule has 0 aromatic carbocycles. The van der Waals surface area contributed by atoms with Crippen molar-refractivity contribution in [2.75, 3.05) is 26.2 Å². The maximum atomic E-state index is 9.65. The van der Waals surface area contributed by atoms with E-state index in [9.17, 15) is 5.11 Å². The van der Waals surface area contributed by atoms with E-state index in [4.69, 9.17) is 0 Å². The molecule has 18 heavy (non-hydrogen) atoms. The Morgan fingerprint density at radius 1 is 1.17 bits per heavy atom. The van der Waals surface area contributed by atoms with Crippen LogP contribution in [-0.4, -0.2) is 37.3 Å². The smallest absolute Gasteiger partial charge is 0.191 e. The van der Waals surface area contributed by atoms with Crippen molar-refractivity contribution in [2.45, 2.75) is 46.0 Å². The molecule has 0 aromatic rings. The van der Waals surface area contributed by atoms with Crippen molar-refractivity contribution in [1.82, 2.24) is 10.6 Å². The third-order valence-electron chi connectivity index (χ3n) is 4.51. The molecule has 0 heterocycles. The molecule has 4 nitrogen and oxygen atoms in total. The van der Waals surface area contributed by atoms with E-state index in [2.05, 4.69) is 29.5 Å². The molecule has 0 bridgehead atoms. The van der Waals surface area contributed by atoms with Crippen molar-refractivity contribution >= 4 is 5.96 Å². The minimum atomic E-state index is 0.0660. The highest BCUT2D eigenvalue weighted by Crippen LogP contribution is 2.64. The second kappa shape index (κ2) is 5.47. The molecule has 1 spiro atoms. The van der Waals surface area contributed by atoms with Gasteiger partial charge in [0, 0.05) is 18.5 Å². The van der Waals surface area contributed by atoms with Crippen LogP contribution in [-0.2, 0) is 0 Å². The second-order valence-corrected chi connectivity index (χ2v) is 6.09. The van der Waals surface area contributed by atoms with Crippen LogP contribution in [0.5, 0.6) is 0 Å². The van der Waals surface area contributed by atoms with E-state index in [1.165, 1.54) is 32.1 Å². The molecule has 0 unspecified atom stereocenters. The molecular formula is C14H27N3O. The van der Waals surface area contributed by atoms with Crippen molar-refractivity contribution in [3.8, 4) is 0 Å². The number of aliphatic hydroxyl groups excluding tert-OH is 1. The zero-order chi connectivity index (χ0) is 13.1. The molecule has 2 aliphatic carbocycles. The van der Waals surface area contributed by atoms with Crippen LogP contribution >= 0.6 is 0 Å². The lowest BCUT2D eigenvalue weighted by Gasteiger charge is -2.60. The summed E-state index contributed by atoms with van der Waals surface area (Å²) in [6.07, 6.45) is 6.46. The van der Waals surface area contributed by atoms with E-state index in [-0.39, 0.29) is 12.0 Å². The number of rotatable bonds is 5. The van der Waals surface area contributed by atoms with Gasteiger partial charge < -0.3 is 15.7 Å². The van der Waals surface area contributed by atoms with Gasteiger partial charge in [0.1, 0.15) is 0 Å². The van der Waals surface area contributed by atoms with Gasteiger partial charge in [0.15, 0.2) is 5.96 Å². The minimum absolute atomic E-state index is 0.0660. The predicted molar refractivity (Wildman–Crippen MR) is 74.7 cm³/mol. The summed E-state index contributed by atoms with van der Waals surface area (Å²) in [7, 11) is 0. The van der Waals surface area contributed by atoms with E-state index in [1.54, 1.807) is 0 Å². The highest BCUT2D eigenvalue weighted by atomic mass is 16.3. The first-order chi connectivity index (χ1) is 8.67. The molecule has 104 valence electrons. The quantitative estimate of drug-likeness (QED) is 0.514. The van der Waals surface area contributed by atoms with Gasteiger partial charge in [-0.25, -0.2) is 0 Å². The van der Waals surface area contributed by atoms with Crippen molar-refractivity contribution in [3.05, 3.63) is 0 Å². The minimum Gasteiger partial charge on any atom is -0.396 e. The summed E-state index contributed by atoms with van der Waals surface area (Å²) in [6.45, 7) is 6.93. The molecule has 2 saturated carbocycles. The lowest BCUT2D eigenvalue weighted by molar-refractivity contribution is -0.115. The average molecular weight is 253 g/mol. The Bertz CT molecular complexity index is 294. The van der Waals surface area contributed by atoms with Gasteiger partial charge in [0.05, 0.1) is 13.2 Å². The molecule has 4 heteroatoms. The van der Waals surface area contributed by atoms with Crippen LogP contribution in [0.4, 0.5) is 0 Å². The topological polar surface area (TPSA) is 56.7 Å². The Morgan fingerprint density at radius 2 is 1.78 bits per heavy atom. The van der Waals surface area contributed by atoms with Gasteiger partial charge in [-0.15, -0.1) is 0 Å². The molecule has 2 aliphatic rings. The van der Waals surface area contributed by atoms with Gasteiger partial charge in [-0.05, 0) is 44.9 Å². The number of aliphatic hydroxyl groups is 1. The monoisotopic (exact) mass is 253 g/mol. The molecule has 3 N–H and O–H groups in total. The highest BCUT2D eigenvalue weighted by Gasteiger charge is 2.56. The fourth-order valence-electron chi connectivity index (χ4n) is 3.60. The number of guanidine groups is 1. The zero-order valence-corrected chi connectivity index (χ0v) is 11.8. The third-order valence-corrected chi connectivity index (χ3v) is 4.51. The molecule has 0 aromatic heterocycles. The maximum Gasteiger partial charge on any atom is 0.191 e. The highest BCUT2D eigenvalue weighted by molar-refractivity contribution is 5.79. The molecule has 0 radical (unpaired) electrons. The Labute approximate surface area is 110 Å². The molecule has 0 aliphatic heterocycles. The number of aliphatic imine (C=N–C) groups is 1. The van der Waals surface area contributed by atoms with Crippen LogP contribution in [0.1, 0.15) is 46.0 Å². The average Bonchev–Trinajstić information content (AvgIpc) is 2.26. The molecule has 0 saturated heterocycles. The Balaban J connectivity index is 1.88. The van der Waals surface area contributed by atoms with Crippen LogP contribution < -0.4 is 10.6 Å². The summed E-state index contributed by atoms with van der Waals surface area (Å²) >= 11 is 0. The molecule has 0 amide bonds. The predicted octanol–water partition coefficient (Wildman–Crippen LogP) is 1.50. The SMILES string of the molecule is CCNC(=NCC1(CO)CC2(CCC2)C1)NCC. The van der Waals surface area contributed by atoms with E-state index in [0.29, 0.717) is 5.41 Å². The number of hydrogen-bond donors (Lipinski definition) is 3. The van der Waals surface area contributed by atoms with Gasteiger partial charge in [-0.2, -0.15) is 0 Å². The Morgan fingerprint density at radius 3 is 2.17 bits per heavy atom. The van der Waals surface area contributed by atoms with E-state index < -0.39 is 0 Å². The van der Waals surface area contributed by atoms with Crippen LogP contribution in [0.2, 0.25) is 0 Å². The van der Waals surface area contributed by atoms with Gasteiger partial charge in [0.25, 0.3) is 0 Å². The van der Waals surface area contributed by atoms with E-state index >= 15 is 0 Å². The summed E-state index contributed by atoms with van der Waals surface area (Å²) in [5.41, 5.74) is 0.658. The lowest BCUT2D eigenvalue weighted by Crippen LogP contribution is -2.54. The summed E-state index contributed by atoms with van der Waals surface area (Å²) in [5, 5.41) is 16.1. The first kappa shape index (κ1) is 13.7. The zero-order valence-electron chi connectivity index (χ0n) is 11.8. The number of nitrogens with one attached hydrogen (secondary N) is 2. The van der Waals surface area contributed by atoms with Crippen LogP contribution in [0.25, 0.3) is 0 Å². The molecule has 0 atom stereocenters. The normalized spacial score (nSPS) is 22.8. The van der Waals surface area contributed by atoms with Crippen molar-refractivity contribution < 1.29 is 5.11 Å². The fraction of sp³-hybridized carbons (Fsp3) is 0.929. The first-order valence-corrected chi connectivity index (χ1v) is 7.31. The van der Waals surface area contributed by atoms with Crippen LogP contribution in [0.15, 0.2) is 4.99 Å². The second-order valence-electron chi connectivity index (χ2n) is 6.09. The van der Waals surface area contributed by atoms with Gasteiger partial charge >= 0.3 is 0 Å². The summed E-state index contributed by atoms with van der Waals surface area (Å²) in [4.78, 5) is 4.63. The summed E-state index contributed by atoms with van der Waals surface area (Å²) < 4.78 is 0. The number of nitrogens with zero attached hydrogens (tertiary/aromatic N) is 1.